The maximum absolute atomic E-state index is 6.04. The standard InChI is InChI=1S/C17H21ClN2O/c1-20(12-13-6-5-7-14(18)10-13)16(11-19)15-8-3-4-9-17(15)21-2/h3-10,16H,11-12,19H2,1-2H3. The van der Waals surface area contributed by atoms with E-state index in [2.05, 4.69) is 24.1 Å². The first kappa shape index (κ1) is 15.8. The molecule has 0 saturated heterocycles. The molecule has 0 radical (unpaired) electrons. The van der Waals surface area contributed by atoms with E-state index in [0.717, 1.165) is 22.9 Å². The molecular weight excluding hydrogens is 284 g/mol. The van der Waals surface area contributed by atoms with Crippen LogP contribution in [0.1, 0.15) is 17.2 Å². The van der Waals surface area contributed by atoms with Gasteiger partial charge in [-0.05, 0) is 30.8 Å². The van der Waals surface area contributed by atoms with Crippen LogP contribution in [-0.2, 0) is 6.54 Å². The minimum Gasteiger partial charge on any atom is -0.496 e. The first-order valence-corrected chi connectivity index (χ1v) is 7.31. The summed E-state index contributed by atoms with van der Waals surface area (Å²) < 4.78 is 5.44. The summed E-state index contributed by atoms with van der Waals surface area (Å²) in [5.41, 5.74) is 8.26. The molecule has 21 heavy (non-hydrogen) atoms. The Hall–Kier alpha value is -1.55. The Morgan fingerprint density at radius 1 is 1.19 bits per heavy atom. The van der Waals surface area contributed by atoms with Crippen molar-refractivity contribution in [2.24, 2.45) is 5.73 Å². The van der Waals surface area contributed by atoms with E-state index >= 15 is 0 Å². The molecule has 0 aliphatic rings. The Balaban J connectivity index is 2.20. The van der Waals surface area contributed by atoms with Crippen LogP contribution in [0.4, 0.5) is 0 Å². The van der Waals surface area contributed by atoms with Crippen molar-refractivity contribution in [1.82, 2.24) is 4.90 Å². The molecule has 0 aliphatic carbocycles. The number of likely N-dealkylation sites (N-methyl/N-ethyl adjacent to an activating group) is 1. The molecule has 2 rings (SSSR count). The van der Waals surface area contributed by atoms with Gasteiger partial charge in [0.1, 0.15) is 5.75 Å². The number of hydrogen-bond donors (Lipinski definition) is 1. The third-order valence-corrected chi connectivity index (χ3v) is 3.81. The summed E-state index contributed by atoms with van der Waals surface area (Å²) in [5, 5.41) is 0.752. The van der Waals surface area contributed by atoms with Crippen molar-refractivity contribution in [3.8, 4) is 5.75 Å². The Morgan fingerprint density at radius 2 is 1.95 bits per heavy atom. The Kier molecular flexibility index (Phi) is 5.62. The van der Waals surface area contributed by atoms with Crippen molar-refractivity contribution < 1.29 is 4.74 Å². The van der Waals surface area contributed by atoms with E-state index in [-0.39, 0.29) is 6.04 Å². The molecule has 0 amide bonds. The summed E-state index contributed by atoms with van der Waals surface area (Å²) >= 11 is 6.04. The molecule has 0 spiro atoms. The van der Waals surface area contributed by atoms with Crippen LogP contribution in [0.3, 0.4) is 0 Å². The molecule has 1 unspecified atom stereocenters. The second-order valence-electron chi connectivity index (χ2n) is 5.04. The van der Waals surface area contributed by atoms with Gasteiger partial charge in [-0.3, -0.25) is 4.90 Å². The van der Waals surface area contributed by atoms with E-state index in [9.17, 15) is 0 Å². The molecule has 1 atom stereocenters. The topological polar surface area (TPSA) is 38.5 Å². The van der Waals surface area contributed by atoms with Gasteiger partial charge in [-0.2, -0.15) is 0 Å². The molecule has 0 heterocycles. The van der Waals surface area contributed by atoms with E-state index in [1.165, 1.54) is 5.56 Å². The highest BCUT2D eigenvalue weighted by atomic mass is 35.5. The molecule has 0 aliphatic heterocycles. The number of nitrogens with two attached hydrogens (primary N) is 1. The zero-order valence-electron chi connectivity index (χ0n) is 12.4. The summed E-state index contributed by atoms with van der Waals surface area (Å²) in [7, 11) is 3.74. The number of nitrogens with zero attached hydrogens (tertiary/aromatic N) is 1. The molecule has 0 bridgehead atoms. The Morgan fingerprint density at radius 3 is 2.62 bits per heavy atom. The smallest absolute Gasteiger partial charge is 0.123 e. The molecule has 112 valence electrons. The number of rotatable bonds is 6. The maximum atomic E-state index is 6.04. The van der Waals surface area contributed by atoms with Crippen molar-refractivity contribution in [1.29, 1.82) is 0 Å². The number of ether oxygens (including phenoxy) is 1. The van der Waals surface area contributed by atoms with Crippen LogP contribution in [0.5, 0.6) is 5.75 Å². The number of hydrogen-bond acceptors (Lipinski definition) is 3. The second-order valence-corrected chi connectivity index (χ2v) is 5.47. The molecule has 2 N–H and O–H groups in total. The normalized spacial score (nSPS) is 12.4. The van der Waals surface area contributed by atoms with Crippen molar-refractivity contribution in [2.45, 2.75) is 12.6 Å². The summed E-state index contributed by atoms with van der Waals surface area (Å²) in [6.07, 6.45) is 0. The zero-order chi connectivity index (χ0) is 15.2. The van der Waals surface area contributed by atoms with Gasteiger partial charge in [-0.25, -0.2) is 0 Å². The average molecular weight is 305 g/mol. The fourth-order valence-electron chi connectivity index (χ4n) is 2.52. The molecule has 0 aromatic heterocycles. The lowest BCUT2D eigenvalue weighted by Gasteiger charge is -2.28. The van der Waals surface area contributed by atoms with E-state index < -0.39 is 0 Å². The van der Waals surface area contributed by atoms with Gasteiger partial charge in [0.25, 0.3) is 0 Å². The largest absolute Gasteiger partial charge is 0.496 e. The summed E-state index contributed by atoms with van der Waals surface area (Å²) in [5.74, 6) is 0.867. The molecule has 0 saturated carbocycles. The van der Waals surface area contributed by atoms with Gasteiger partial charge in [-0.15, -0.1) is 0 Å². The third kappa shape index (κ3) is 3.97. The Bertz CT molecular complexity index is 589. The number of methoxy groups -OCH3 is 1. The van der Waals surface area contributed by atoms with Crippen molar-refractivity contribution >= 4 is 11.6 Å². The molecule has 2 aromatic carbocycles. The average Bonchev–Trinajstić information content (AvgIpc) is 2.48. The number of benzene rings is 2. The van der Waals surface area contributed by atoms with Crippen LogP contribution in [-0.4, -0.2) is 25.6 Å². The van der Waals surface area contributed by atoms with Crippen LogP contribution in [0.15, 0.2) is 48.5 Å². The van der Waals surface area contributed by atoms with Gasteiger partial charge >= 0.3 is 0 Å². The minimum absolute atomic E-state index is 0.0973. The lowest BCUT2D eigenvalue weighted by molar-refractivity contribution is 0.236. The predicted octanol–water partition coefficient (Wildman–Crippen LogP) is 3.48. The molecule has 4 heteroatoms. The second kappa shape index (κ2) is 7.46. The lowest BCUT2D eigenvalue weighted by atomic mass is 10.0. The van der Waals surface area contributed by atoms with Gasteiger partial charge in [-0.1, -0.05) is 41.9 Å². The lowest BCUT2D eigenvalue weighted by Crippen LogP contribution is -2.30. The van der Waals surface area contributed by atoms with Crippen molar-refractivity contribution in [3.63, 3.8) is 0 Å². The SMILES string of the molecule is COc1ccccc1C(CN)N(C)Cc1cccc(Cl)c1. The van der Waals surface area contributed by atoms with E-state index in [1.54, 1.807) is 7.11 Å². The van der Waals surface area contributed by atoms with E-state index in [1.807, 2.05) is 36.4 Å². The monoisotopic (exact) mass is 304 g/mol. The maximum Gasteiger partial charge on any atom is 0.123 e. The molecule has 2 aromatic rings. The van der Waals surface area contributed by atoms with E-state index in [0.29, 0.717) is 6.54 Å². The fraction of sp³-hybridized carbons (Fsp3) is 0.294. The van der Waals surface area contributed by atoms with Gasteiger partial charge in [0, 0.05) is 23.7 Å². The Labute approximate surface area is 131 Å². The molecular formula is C17H21ClN2O. The summed E-state index contributed by atoms with van der Waals surface area (Å²) in [6, 6.07) is 16.0. The van der Waals surface area contributed by atoms with Gasteiger partial charge in [0.2, 0.25) is 0 Å². The van der Waals surface area contributed by atoms with Crippen molar-refractivity contribution in [2.75, 3.05) is 20.7 Å². The third-order valence-electron chi connectivity index (χ3n) is 3.57. The van der Waals surface area contributed by atoms with Crippen LogP contribution >= 0.6 is 11.6 Å². The fourth-order valence-corrected chi connectivity index (χ4v) is 2.73. The van der Waals surface area contributed by atoms with Gasteiger partial charge in [0.15, 0.2) is 0 Å². The first-order chi connectivity index (χ1) is 10.2. The van der Waals surface area contributed by atoms with Gasteiger partial charge < -0.3 is 10.5 Å². The first-order valence-electron chi connectivity index (χ1n) is 6.93. The van der Waals surface area contributed by atoms with Crippen molar-refractivity contribution in [3.05, 3.63) is 64.7 Å². The summed E-state index contributed by atoms with van der Waals surface area (Å²) in [6.45, 7) is 1.30. The molecule has 0 fully saturated rings. The highest BCUT2D eigenvalue weighted by molar-refractivity contribution is 6.30. The van der Waals surface area contributed by atoms with Crippen LogP contribution in [0.2, 0.25) is 5.02 Å². The van der Waals surface area contributed by atoms with Crippen LogP contribution in [0.25, 0.3) is 0 Å². The highest BCUT2D eigenvalue weighted by Crippen LogP contribution is 2.28. The summed E-state index contributed by atoms with van der Waals surface area (Å²) in [4.78, 5) is 2.21. The predicted molar refractivity (Wildman–Crippen MR) is 87.7 cm³/mol. The van der Waals surface area contributed by atoms with Crippen LogP contribution in [0, 0.1) is 0 Å². The zero-order valence-corrected chi connectivity index (χ0v) is 13.2. The van der Waals surface area contributed by atoms with Crippen LogP contribution < -0.4 is 10.5 Å². The van der Waals surface area contributed by atoms with E-state index in [4.69, 9.17) is 22.1 Å². The van der Waals surface area contributed by atoms with Gasteiger partial charge in [0.05, 0.1) is 13.2 Å². The number of halogens is 1. The number of para-hydroxylation sites is 1. The molecule has 3 nitrogen and oxygen atoms in total. The highest BCUT2D eigenvalue weighted by Gasteiger charge is 2.19. The quantitative estimate of drug-likeness (QED) is 0.888. The minimum atomic E-state index is 0.0973.